The number of piperidine rings is 1. The number of ether oxygens (including phenoxy) is 1. The summed E-state index contributed by atoms with van der Waals surface area (Å²) in [5, 5.41) is 1.29. The number of carbonyl (C=O) groups excluding carboxylic acids is 1. The topological polar surface area (TPSA) is 44.1 Å². The predicted molar refractivity (Wildman–Crippen MR) is 178 cm³/mol. The van der Waals surface area contributed by atoms with E-state index in [-0.39, 0.29) is 28.3 Å². The number of halogens is 4. The molecule has 1 fully saturated rings. The van der Waals surface area contributed by atoms with Crippen LogP contribution >= 0.6 is 35.0 Å². The van der Waals surface area contributed by atoms with Crippen LogP contribution in [0.25, 0.3) is 5.69 Å². The van der Waals surface area contributed by atoms with Crippen molar-refractivity contribution < 1.29 is 22.8 Å². The van der Waals surface area contributed by atoms with Gasteiger partial charge >= 0.3 is 0 Å². The van der Waals surface area contributed by atoms with Gasteiger partial charge in [0.1, 0.15) is 17.4 Å². The molecular formula is C35H38Cl2F2N3O2S+. The second-order valence-electron chi connectivity index (χ2n) is 12.9. The van der Waals surface area contributed by atoms with Crippen LogP contribution < -0.4 is 4.74 Å². The lowest BCUT2D eigenvalue weighted by Gasteiger charge is -2.37. The van der Waals surface area contributed by atoms with E-state index in [2.05, 4.69) is 27.9 Å². The van der Waals surface area contributed by atoms with Gasteiger partial charge in [-0.2, -0.15) is 0 Å². The number of imidazole rings is 1. The summed E-state index contributed by atoms with van der Waals surface area (Å²) in [7, 11) is 5.93. The van der Waals surface area contributed by atoms with Crippen molar-refractivity contribution in [2.75, 3.05) is 34.3 Å². The molecule has 1 aliphatic rings. The van der Waals surface area contributed by atoms with Crippen molar-refractivity contribution in [3.63, 3.8) is 0 Å². The zero-order chi connectivity index (χ0) is 32.5. The van der Waals surface area contributed by atoms with Crippen LogP contribution in [-0.2, 0) is 11.2 Å². The number of aromatic nitrogens is 2. The summed E-state index contributed by atoms with van der Waals surface area (Å²) in [4.78, 5) is 17.8. The van der Waals surface area contributed by atoms with Crippen molar-refractivity contribution in [3.8, 4) is 11.4 Å². The highest BCUT2D eigenvalue weighted by molar-refractivity contribution is 7.98. The van der Waals surface area contributed by atoms with Crippen molar-refractivity contribution in [3.05, 3.63) is 105 Å². The van der Waals surface area contributed by atoms with E-state index in [0.29, 0.717) is 39.2 Å². The van der Waals surface area contributed by atoms with Crippen LogP contribution in [0, 0.1) is 17.6 Å². The van der Waals surface area contributed by atoms with Crippen LogP contribution in [0.1, 0.15) is 60.3 Å². The smallest absolute Gasteiger partial charge is 0.173 e. The maximum atomic E-state index is 15.5. The molecule has 0 amide bonds. The summed E-state index contributed by atoms with van der Waals surface area (Å²) in [5.74, 6) is 0.0483. The van der Waals surface area contributed by atoms with Gasteiger partial charge in [0.2, 0.25) is 0 Å². The molecule has 45 heavy (non-hydrogen) atoms. The molecule has 5 rings (SSSR count). The average Bonchev–Trinajstić information content (AvgIpc) is 3.41. The third kappa shape index (κ3) is 7.40. The first kappa shape index (κ1) is 33.5. The summed E-state index contributed by atoms with van der Waals surface area (Å²) in [5.41, 5.74) is 2.50. The first-order chi connectivity index (χ1) is 21.3. The number of carbonyl (C=O) groups is 1. The molecule has 0 bridgehead atoms. The maximum Gasteiger partial charge on any atom is 0.173 e. The fourth-order valence-electron chi connectivity index (χ4n) is 6.19. The minimum absolute atomic E-state index is 0.0838. The monoisotopic (exact) mass is 672 g/mol. The molecule has 0 spiro atoms. The quantitative estimate of drug-likeness (QED) is 0.0957. The van der Waals surface area contributed by atoms with Gasteiger partial charge in [-0.05, 0) is 66.9 Å². The summed E-state index contributed by atoms with van der Waals surface area (Å²) in [6.07, 6.45) is 4.25. The Morgan fingerprint density at radius 2 is 1.82 bits per heavy atom. The number of methoxy groups -OCH3 is 1. The molecule has 1 saturated heterocycles. The molecule has 0 radical (unpaired) electrons. The van der Waals surface area contributed by atoms with Gasteiger partial charge in [0.05, 0.1) is 51.2 Å². The zero-order valence-corrected chi connectivity index (χ0v) is 28.5. The van der Waals surface area contributed by atoms with Crippen LogP contribution in [-0.4, -0.2) is 54.1 Å². The minimum Gasteiger partial charge on any atom is -0.495 e. The van der Waals surface area contributed by atoms with Crippen molar-refractivity contribution >= 4 is 40.7 Å². The predicted octanol–water partition coefficient (Wildman–Crippen LogP) is 9.14. The van der Waals surface area contributed by atoms with Gasteiger partial charge in [0, 0.05) is 45.3 Å². The lowest BCUT2D eigenvalue weighted by atomic mass is 9.81. The molecule has 0 N–H and O–H groups in total. The van der Waals surface area contributed by atoms with Gasteiger partial charge in [0.15, 0.2) is 10.9 Å². The molecule has 1 aromatic heterocycles. The molecule has 4 aromatic rings. The van der Waals surface area contributed by atoms with E-state index in [1.807, 2.05) is 16.7 Å². The van der Waals surface area contributed by atoms with Crippen LogP contribution in [0.3, 0.4) is 0 Å². The second kappa shape index (κ2) is 13.4. The highest BCUT2D eigenvalue weighted by Gasteiger charge is 2.31. The Morgan fingerprint density at radius 3 is 2.49 bits per heavy atom. The second-order valence-corrected chi connectivity index (χ2v) is 14.7. The number of nitrogens with zero attached hydrogens (tertiary/aromatic N) is 3. The van der Waals surface area contributed by atoms with Crippen molar-refractivity contribution in [2.24, 2.45) is 5.92 Å². The van der Waals surface area contributed by atoms with Gasteiger partial charge in [-0.15, -0.1) is 0 Å². The Morgan fingerprint density at radius 1 is 1.09 bits per heavy atom. The number of ketones is 1. The fourth-order valence-corrected chi connectivity index (χ4v) is 7.76. The maximum absolute atomic E-state index is 15.5. The van der Waals surface area contributed by atoms with E-state index in [4.69, 9.17) is 32.9 Å². The molecule has 2 heterocycles. The van der Waals surface area contributed by atoms with Gasteiger partial charge in [0.25, 0.3) is 0 Å². The molecule has 1 aliphatic heterocycles. The van der Waals surface area contributed by atoms with Crippen LogP contribution in [0.2, 0.25) is 10.0 Å². The summed E-state index contributed by atoms with van der Waals surface area (Å²) >= 11 is 14.2. The van der Waals surface area contributed by atoms with Crippen LogP contribution in [0.5, 0.6) is 5.75 Å². The summed E-state index contributed by atoms with van der Waals surface area (Å²) in [6.45, 7) is 6.15. The standard InChI is InChI=1S/C35H38Cl2F2N3O2S/c1-35(2,24-8-13-28(36)32(18-24)44-5)33-19-40-34(41(33)26-11-9-25(38)10-12-26)45-21-27-29(37)16-23(17-30(27)39)31(43)15-22-7-6-14-42(3,4)20-22/h8-13,16-19,22H,6-7,14-15,20-21H2,1-5H3/q+1/t22-/m1/s1. The molecule has 238 valence electrons. The third-order valence-corrected chi connectivity index (χ3v) is 10.4. The summed E-state index contributed by atoms with van der Waals surface area (Å²) in [6, 6.07) is 14.7. The molecule has 3 aromatic carbocycles. The molecule has 0 saturated carbocycles. The van der Waals surface area contributed by atoms with Crippen LogP contribution in [0.4, 0.5) is 8.78 Å². The van der Waals surface area contributed by atoms with E-state index < -0.39 is 11.2 Å². The molecule has 0 unspecified atom stereocenters. The van der Waals surface area contributed by atoms with E-state index in [0.717, 1.165) is 41.7 Å². The lowest BCUT2D eigenvalue weighted by Crippen LogP contribution is -2.47. The first-order valence-corrected chi connectivity index (χ1v) is 16.7. The lowest BCUT2D eigenvalue weighted by molar-refractivity contribution is -0.898. The third-order valence-electron chi connectivity index (χ3n) is 8.74. The number of thioether (sulfide) groups is 1. The number of Topliss-reactive ketones (excluding diaryl/α,β-unsaturated/α-hetero) is 1. The number of rotatable bonds is 10. The number of quaternary nitrogens is 1. The SMILES string of the molecule is COc1cc(C(C)(C)c2cnc(SCc3c(F)cc(C(=O)C[C@H]4CCC[N+](C)(C)C4)cc3Cl)n2-c2ccc(F)cc2)ccc1Cl. The van der Waals surface area contributed by atoms with Crippen molar-refractivity contribution in [2.45, 2.75) is 49.4 Å². The fraction of sp³-hybridized carbons (Fsp3) is 0.371. The Bertz CT molecular complexity index is 1680. The van der Waals surface area contributed by atoms with Gasteiger partial charge in [-0.3, -0.25) is 9.36 Å². The number of hydrogen-bond donors (Lipinski definition) is 0. The molecule has 0 aliphatic carbocycles. The molecular weight excluding hydrogens is 635 g/mol. The van der Waals surface area contributed by atoms with E-state index in [1.54, 1.807) is 37.6 Å². The van der Waals surface area contributed by atoms with Crippen molar-refractivity contribution in [1.29, 1.82) is 0 Å². The Balaban J connectivity index is 1.42. The van der Waals surface area contributed by atoms with E-state index in [9.17, 15) is 9.18 Å². The Hall–Kier alpha value is -2.91. The molecule has 10 heteroatoms. The van der Waals surface area contributed by atoms with Crippen LogP contribution in [0.15, 0.2) is 66.0 Å². The van der Waals surface area contributed by atoms with E-state index >= 15 is 4.39 Å². The van der Waals surface area contributed by atoms with E-state index in [1.165, 1.54) is 30.0 Å². The normalized spacial score (nSPS) is 16.5. The number of benzene rings is 3. The summed E-state index contributed by atoms with van der Waals surface area (Å²) < 4.78 is 37.7. The highest BCUT2D eigenvalue weighted by Crippen LogP contribution is 2.40. The van der Waals surface area contributed by atoms with Gasteiger partial charge < -0.3 is 9.22 Å². The minimum atomic E-state index is -0.574. The Labute approximate surface area is 278 Å². The average molecular weight is 674 g/mol. The first-order valence-electron chi connectivity index (χ1n) is 14.9. The number of likely N-dealkylation sites (tertiary alicyclic amines) is 1. The van der Waals surface area contributed by atoms with Gasteiger partial charge in [-0.25, -0.2) is 13.8 Å². The number of hydrogen-bond acceptors (Lipinski definition) is 4. The molecule has 1 atom stereocenters. The largest absolute Gasteiger partial charge is 0.495 e. The highest BCUT2D eigenvalue weighted by atomic mass is 35.5. The van der Waals surface area contributed by atoms with Gasteiger partial charge in [-0.1, -0.05) is 54.9 Å². The Kier molecular flexibility index (Phi) is 9.99. The van der Waals surface area contributed by atoms with Crippen molar-refractivity contribution in [1.82, 2.24) is 9.55 Å². The zero-order valence-electron chi connectivity index (χ0n) is 26.2. The molecule has 5 nitrogen and oxygen atoms in total.